The van der Waals surface area contributed by atoms with E-state index in [1.54, 1.807) is 0 Å². The van der Waals surface area contributed by atoms with Gasteiger partial charge in [-0.15, -0.1) is 0 Å². The van der Waals surface area contributed by atoms with E-state index in [9.17, 15) is 0 Å². The van der Waals surface area contributed by atoms with Gasteiger partial charge in [0.15, 0.2) is 5.82 Å². The first kappa shape index (κ1) is 17.4. The van der Waals surface area contributed by atoms with Crippen LogP contribution in [0.2, 0.25) is 0 Å². The number of aryl methyl sites for hydroxylation is 1. The Morgan fingerprint density at radius 1 is 1.14 bits per heavy atom. The van der Waals surface area contributed by atoms with Crippen molar-refractivity contribution in [2.24, 2.45) is 0 Å². The maximum absolute atomic E-state index is 4.88. The van der Waals surface area contributed by atoms with E-state index in [-0.39, 0.29) is 0 Å². The third-order valence-corrected chi connectivity index (χ3v) is 6.24. The molecule has 7 heteroatoms. The van der Waals surface area contributed by atoms with Crippen molar-refractivity contribution in [2.45, 2.75) is 57.2 Å². The number of pyridine rings is 2. The molecule has 3 aromatic heterocycles. The molecule has 3 N–H and O–H groups in total. The average molecular weight is 377 g/mol. The van der Waals surface area contributed by atoms with Crippen molar-refractivity contribution in [3.05, 3.63) is 36.2 Å². The fourth-order valence-electron chi connectivity index (χ4n) is 4.79. The number of hydrogen-bond donors (Lipinski definition) is 3. The zero-order valence-corrected chi connectivity index (χ0v) is 16.4. The second kappa shape index (κ2) is 7.05. The van der Waals surface area contributed by atoms with E-state index in [2.05, 4.69) is 43.8 Å². The molecule has 0 amide bonds. The highest BCUT2D eigenvalue weighted by molar-refractivity contribution is 5.91. The maximum Gasteiger partial charge on any atom is 0.153 e. The maximum atomic E-state index is 4.88. The molecule has 2 bridgehead atoms. The minimum absolute atomic E-state index is 0.449. The smallest absolute Gasteiger partial charge is 0.153 e. The first-order valence-electron chi connectivity index (χ1n) is 10.2. The summed E-state index contributed by atoms with van der Waals surface area (Å²) < 4.78 is 0. The highest BCUT2D eigenvalue weighted by atomic mass is 15.2. The number of nitrogens with one attached hydrogen (secondary N) is 3. The molecule has 2 fully saturated rings. The number of anilines is 3. The number of aromatic nitrogens is 4. The Morgan fingerprint density at radius 3 is 2.71 bits per heavy atom. The number of hydrogen-bond acceptors (Lipinski definition) is 6. The molecule has 2 saturated heterocycles. The van der Waals surface area contributed by atoms with Crippen molar-refractivity contribution < 1.29 is 0 Å². The van der Waals surface area contributed by atoms with Crippen LogP contribution in [0.1, 0.15) is 37.8 Å². The molecule has 2 aliphatic rings. The van der Waals surface area contributed by atoms with E-state index in [1.165, 1.54) is 32.1 Å². The lowest BCUT2D eigenvalue weighted by atomic mass is 9.82. The van der Waals surface area contributed by atoms with Crippen LogP contribution in [0.3, 0.4) is 0 Å². The molecule has 2 unspecified atom stereocenters. The van der Waals surface area contributed by atoms with Gasteiger partial charge in [-0.3, -0.25) is 10.1 Å². The van der Waals surface area contributed by atoms with E-state index in [1.807, 2.05) is 31.3 Å². The number of H-pyrrole nitrogens is 1. The summed E-state index contributed by atoms with van der Waals surface area (Å²) in [6.07, 6.45) is 8.15. The van der Waals surface area contributed by atoms with Crippen LogP contribution < -0.4 is 10.6 Å². The molecule has 3 aromatic rings. The molecule has 0 aromatic carbocycles. The summed E-state index contributed by atoms with van der Waals surface area (Å²) in [5, 5.41) is 15.3. The first-order valence-corrected chi connectivity index (χ1v) is 10.2. The number of nitrogens with zero attached hydrogens (tertiary/aromatic N) is 4. The molecular weight excluding hydrogens is 350 g/mol. The third-order valence-electron chi connectivity index (χ3n) is 6.24. The van der Waals surface area contributed by atoms with Crippen LogP contribution in [0, 0.1) is 6.92 Å². The van der Waals surface area contributed by atoms with Crippen LogP contribution >= 0.6 is 0 Å². The fraction of sp³-hybridized carbons (Fsp3) is 0.476. The number of rotatable bonds is 4. The molecular formula is C21H27N7. The summed E-state index contributed by atoms with van der Waals surface area (Å²) in [5.41, 5.74) is 1.94. The molecule has 5 rings (SSSR count). The molecule has 146 valence electrons. The minimum atomic E-state index is 0.449. The molecule has 28 heavy (non-hydrogen) atoms. The Bertz CT molecular complexity index is 968. The van der Waals surface area contributed by atoms with Crippen LogP contribution in [0.5, 0.6) is 0 Å². The molecule has 0 spiro atoms. The zero-order chi connectivity index (χ0) is 19.1. The normalized spacial score (nSPS) is 25.0. The summed E-state index contributed by atoms with van der Waals surface area (Å²) in [5.74, 6) is 2.43. The van der Waals surface area contributed by atoms with Crippen molar-refractivity contribution in [3.8, 4) is 0 Å². The molecule has 0 radical (unpaired) electrons. The lowest BCUT2D eigenvalue weighted by Crippen LogP contribution is -2.52. The van der Waals surface area contributed by atoms with Crippen LogP contribution in [-0.4, -0.2) is 50.2 Å². The van der Waals surface area contributed by atoms with E-state index < -0.39 is 0 Å². The van der Waals surface area contributed by atoms with Gasteiger partial charge in [0.25, 0.3) is 0 Å². The van der Waals surface area contributed by atoms with E-state index in [4.69, 9.17) is 4.98 Å². The van der Waals surface area contributed by atoms with Crippen LogP contribution in [0.25, 0.3) is 10.9 Å². The lowest BCUT2D eigenvalue weighted by molar-refractivity contribution is 0.0608. The highest BCUT2D eigenvalue weighted by Crippen LogP contribution is 2.35. The number of fused-ring (bicyclic) bond motifs is 3. The van der Waals surface area contributed by atoms with Crippen molar-refractivity contribution in [1.82, 2.24) is 25.1 Å². The molecule has 0 aliphatic carbocycles. The Morgan fingerprint density at radius 2 is 1.96 bits per heavy atom. The Kier molecular flexibility index (Phi) is 4.39. The second-order valence-corrected chi connectivity index (χ2v) is 8.20. The first-order chi connectivity index (χ1) is 13.7. The minimum Gasteiger partial charge on any atom is -0.367 e. The zero-order valence-electron chi connectivity index (χ0n) is 16.4. The van der Waals surface area contributed by atoms with Crippen molar-refractivity contribution >= 4 is 28.4 Å². The molecule has 0 saturated carbocycles. The number of piperidine rings is 2. The molecule has 2 atom stereocenters. The predicted octanol–water partition coefficient (Wildman–Crippen LogP) is 3.83. The monoisotopic (exact) mass is 377 g/mol. The Labute approximate surface area is 165 Å². The standard InChI is InChI=1S/C21H27N7/c1-13-9-20(27-26-13)24-19-12-18-17(7-4-8-22-18)21(25-19)23-14-10-15-5-3-6-16(11-14)28(15)2/h4,7-9,12,14-16H,3,5-6,10-11H2,1-2H3,(H3,23,24,25,26,27). The Hall–Kier alpha value is -2.67. The van der Waals surface area contributed by atoms with Gasteiger partial charge in [-0.05, 0) is 51.8 Å². The summed E-state index contributed by atoms with van der Waals surface area (Å²) >= 11 is 0. The lowest BCUT2D eigenvalue weighted by Gasteiger charge is -2.47. The van der Waals surface area contributed by atoms with Gasteiger partial charge >= 0.3 is 0 Å². The van der Waals surface area contributed by atoms with Gasteiger partial charge in [-0.25, -0.2) is 4.98 Å². The average Bonchev–Trinajstić information content (AvgIpc) is 3.07. The largest absolute Gasteiger partial charge is 0.367 e. The summed E-state index contributed by atoms with van der Waals surface area (Å²) in [7, 11) is 2.29. The van der Waals surface area contributed by atoms with Gasteiger partial charge in [0, 0.05) is 47.5 Å². The summed E-state index contributed by atoms with van der Waals surface area (Å²) in [4.78, 5) is 12.0. The molecule has 7 nitrogen and oxygen atoms in total. The third kappa shape index (κ3) is 3.30. The second-order valence-electron chi connectivity index (χ2n) is 8.20. The SMILES string of the molecule is Cc1cc(Nc2cc3ncccc3c(NC3CC4CCCC(C3)N4C)n2)n[nH]1. The summed E-state index contributed by atoms with van der Waals surface area (Å²) in [6, 6.07) is 9.83. The van der Waals surface area contributed by atoms with Crippen LogP contribution in [0.15, 0.2) is 30.5 Å². The highest BCUT2D eigenvalue weighted by Gasteiger charge is 2.36. The van der Waals surface area contributed by atoms with Gasteiger partial charge in [-0.1, -0.05) is 6.42 Å². The van der Waals surface area contributed by atoms with Crippen molar-refractivity contribution in [2.75, 3.05) is 17.7 Å². The fourth-order valence-corrected chi connectivity index (χ4v) is 4.79. The van der Waals surface area contributed by atoms with Gasteiger partial charge in [0.1, 0.15) is 11.6 Å². The van der Waals surface area contributed by atoms with Gasteiger partial charge in [0.05, 0.1) is 5.52 Å². The topological polar surface area (TPSA) is 81.8 Å². The van der Waals surface area contributed by atoms with Crippen LogP contribution in [0.4, 0.5) is 17.5 Å². The van der Waals surface area contributed by atoms with Crippen molar-refractivity contribution in [1.29, 1.82) is 0 Å². The van der Waals surface area contributed by atoms with Crippen molar-refractivity contribution in [3.63, 3.8) is 0 Å². The molecule has 2 aliphatic heterocycles. The van der Waals surface area contributed by atoms with Gasteiger partial charge < -0.3 is 15.5 Å². The quantitative estimate of drug-likeness (QED) is 0.641. The van der Waals surface area contributed by atoms with E-state index in [0.717, 1.165) is 34.1 Å². The van der Waals surface area contributed by atoms with E-state index >= 15 is 0 Å². The predicted molar refractivity (Wildman–Crippen MR) is 112 cm³/mol. The van der Waals surface area contributed by atoms with Gasteiger partial charge in [0.2, 0.25) is 0 Å². The molecule has 5 heterocycles. The van der Waals surface area contributed by atoms with E-state index in [0.29, 0.717) is 18.1 Å². The number of aromatic amines is 1. The van der Waals surface area contributed by atoms with Gasteiger partial charge in [-0.2, -0.15) is 5.10 Å². The van der Waals surface area contributed by atoms with Crippen LogP contribution in [-0.2, 0) is 0 Å². The summed E-state index contributed by atoms with van der Waals surface area (Å²) in [6.45, 7) is 1.98. The Balaban J connectivity index is 1.44.